The van der Waals surface area contributed by atoms with Crippen molar-refractivity contribution < 1.29 is 4.52 Å². The Morgan fingerprint density at radius 3 is 2.14 bits per heavy atom. The van der Waals surface area contributed by atoms with Gasteiger partial charge in [-0.2, -0.15) is 4.98 Å². The molecular weight excluding hydrogens is 272 g/mol. The fraction of sp³-hybridized carbons (Fsp3) is 0.895. The van der Waals surface area contributed by atoms with Gasteiger partial charge >= 0.3 is 0 Å². The van der Waals surface area contributed by atoms with Gasteiger partial charge in [0.2, 0.25) is 5.89 Å². The van der Waals surface area contributed by atoms with Crippen molar-refractivity contribution in [2.24, 2.45) is 0 Å². The van der Waals surface area contributed by atoms with Crippen molar-refractivity contribution in [3.63, 3.8) is 0 Å². The summed E-state index contributed by atoms with van der Waals surface area (Å²) in [6.45, 7) is 6.86. The third-order valence-electron chi connectivity index (χ3n) is 5.34. The van der Waals surface area contributed by atoms with Crippen LogP contribution in [-0.4, -0.2) is 10.1 Å². The minimum Gasteiger partial charge on any atom is -0.339 e. The Labute approximate surface area is 136 Å². The van der Waals surface area contributed by atoms with Crippen molar-refractivity contribution in [1.82, 2.24) is 10.1 Å². The van der Waals surface area contributed by atoms with Crippen LogP contribution in [0.4, 0.5) is 0 Å². The number of hydrogen-bond acceptors (Lipinski definition) is 3. The van der Waals surface area contributed by atoms with Crippen molar-refractivity contribution in [3.05, 3.63) is 11.7 Å². The van der Waals surface area contributed by atoms with Crippen molar-refractivity contribution in [3.8, 4) is 0 Å². The summed E-state index contributed by atoms with van der Waals surface area (Å²) in [7, 11) is 0. The molecule has 1 aliphatic rings. The van der Waals surface area contributed by atoms with Crippen LogP contribution in [0.5, 0.6) is 0 Å². The van der Waals surface area contributed by atoms with Gasteiger partial charge in [0.25, 0.3) is 0 Å². The predicted octanol–water partition coefficient (Wildman–Crippen LogP) is 6.15. The van der Waals surface area contributed by atoms with E-state index in [0.29, 0.717) is 5.92 Å². The van der Waals surface area contributed by atoms with Gasteiger partial charge in [-0.05, 0) is 25.7 Å². The van der Waals surface area contributed by atoms with E-state index >= 15 is 0 Å². The average molecular weight is 306 g/mol. The van der Waals surface area contributed by atoms with Crippen LogP contribution in [0.3, 0.4) is 0 Å². The first-order valence-corrected chi connectivity index (χ1v) is 9.53. The summed E-state index contributed by atoms with van der Waals surface area (Å²) < 4.78 is 5.74. The monoisotopic (exact) mass is 306 g/mol. The minimum absolute atomic E-state index is 0.0776. The Morgan fingerprint density at radius 1 is 1.00 bits per heavy atom. The molecule has 126 valence electrons. The van der Waals surface area contributed by atoms with Gasteiger partial charge in [-0.1, -0.05) is 77.3 Å². The lowest BCUT2D eigenvalue weighted by Crippen LogP contribution is -2.23. The predicted molar refractivity (Wildman–Crippen MR) is 91.1 cm³/mol. The highest BCUT2D eigenvalue weighted by molar-refractivity contribution is 5.06. The van der Waals surface area contributed by atoms with E-state index in [4.69, 9.17) is 9.51 Å². The van der Waals surface area contributed by atoms with Crippen molar-refractivity contribution in [2.45, 2.75) is 109 Å². The number of unbranched alkanes of at least 4 members (excludes halogenated alkanes) is 4. The highest BCUT2D eigenvalue weighted by Crippen LogP contribution is 2.37. The smallest absolute Gasteiger partial charge is 0.232 e. The summed E-state index contributed by atoms with van der Waals surface area (Å²) in [6, 6.07) is 0. The van der Waals surface area contributed by atoms with E-state index in [1.54, 1.807) is 0 Å². The first-order valence-electron chi connectivity index (χ1n) is 9.53. The second-order valence-corrected chi connectivity index (χ2v) is 7.41. The fourth-order valence-corrected chi connectivity index (χ4v) is 3.70. The molecule has 22 heavy (non-hydrogen) atoms. The van der Waals surface area contributed by atoms with Crippen LogP contribution in [0.2, 0.25) is 0 Å². The molecule has 0 bridgehead atoms. The third-order valence-corrected chi connectivity index (χ3v) is 5.34. The van der Waals surface area contributed by atoms with E-state index in [2.05, 4.69) is 25.9 Å². The van der Waals surface area contributed by atoms with Crippen LogP contribution >= 0.6 is 0 Å². The van der Waals surface area contributed by atoms with E-state index in [1.165, 1.54) is 77.0 Å². The Balaban J connectivity index is 2.05. The average Bonchev–Trinajstić information content (AvgIpc) is 3.19. The lowest BCUT2D eigenvalue weighted by atomic mass is 9.79. The first-order chi connectivity index (χ1) is 10.7. The molecule has 1 saturated carbocycles. The second-order valence-electron chi connectivity index (χ2n) is 7.41. The molecule has 2 rings (SSSR count). The molecule has 1 fully saturated rings. The summed E-state index contributed by atoms with van der Waals surface area (Å²) in [5.41, 5.74) is 0.0776. The zero-order valence-corrected chi connectivity index (χ0v) is 14.9. The molecule has 1 aromatic heterocycles. The summed E-state index contributed by atoms with van der Waals surface area (Å²) in [4.78, 5) is 4.84. The van der Waals surface area contributed by atoms with E-state index in [1.807, 2.05) is 0 Å². The molecule has 0 N–H and O–H groups in total. The summed E-state index contributed by atoms with van der Waals surface area (Å²) in [6.07, 6.45) is 15.1. The first kappa shape index (κ1) is 17.5. The van der Waals surface area contributed by atoms with E-state index < -0.39 is 0 Å². The number of rotatable bonds is 10. The molecule has 3 heteroatoms. The van der Waals surface area contributed by atoms with Crippen molar-refractivity contribution >= 4 is 0 Å². The topological polar surface area (TPSA) is 38.9 Å². The third kappa shape index (κ3) is 4.57. The van der Waals surface area contributed by atoms with Crippen molar-refractivity contribution in [2.75, 3.05) is 0 Å². The Hall–Kier alpha value is -0.860. The molecular formula is C19H34N2O. The molecule has 1 aliphatic carbocycles. The molecule has 0 saturated heterocycles. The van der Waals surface area contributed by atoms with Crippen LogP contribution in [0, 0.1) is 0 Å². The van der Waals surface area contributed by atoms with Gasteiger partial charge in [-0.15, -0.1) is 0 Å². The standard InChI is InChI=1S/C19H34N2O/c1-4-6-10-14-19(3,15-11-7-5-2)18-20-17(21-22-18)16-12-8-9-13-16/h16H,4-15H2,1-3H3. The fourth-order valence-electron chi connectivity index (χ4n) is 3.70. The van der Waals surface area contributed by atoms with Gasteiger partial charge in [-0.25, -0.2) is 0 Å². The summed E-state index contributed by atoms with van der Waals surface area (Å²) >= 11 is 0. The second kappa shape index (κ2) is 8.69. The Kier molecular flexibility index (Phi) is 6.91. The number of aromatic nitrogens is 2. The molecule has 1 heterocycles. The van der Waals surface area contributed by atoms with Crippen LogP contribution in [0.25, 0.3) is 0 Å². The molecule has 1 aromatic rings. The molecule has 0 spiro atoms. The van der Waals surface area contributed by atoms with Crippen LogP contribution in [0.15, 0.2) is 4.52 Å². The number of nitrogens with zero attached hydrogens (tertiary/aromatic N) is 2. The van der Waals surface area contributed by atoms with Crippen LogP contribution < -0.4 is 0 Å². The van der Waals surface area contributed by atoms with E-state index in [9.17, 15) is 0 Å². The normalized spacial score (nSPS) is 16.5. The maximum atomic E-state index is 5.74. The van der Waals surface area contributed by atoms with Gasteiger partial charge in [0.05, 0.1) is 0 Å². The zero-order valence-electron chi connectivity index (χ0n) is 14.9. The molecule has 0 aliphatic heterocycles. The molecule has 3 nitrogen and oxygen atoms in total. The molecule has 0 radical (unpaired) electrons. The quantitative estimate of drug-likeness (QED) is 0.487. The van der Waals surface area contributed by atoms with Gasteiger partial charge in [0, 0.05) is 11.3 Å². The summed E-state index contributed by atoms with van der Waals surface area (Å²) in [5, 5.41) is 4.33. The Morgan fingerprint density at radius 2 is 1.59 bits per heavy atom. The SMILES string of the molecule is CCCCCC(C)(CCCCC)c1nc(C2CCCC2)no1. The zero-order chi connectivity index (χ0) is 15.8. The van der Waals surface area contributed by atoms with Gasteiger partial charge < -0.3 is 4.52 Å². The van der Waals surface area contributed by atoms with Crippen LogP contribution in [-0.2, 0) is 5.41 Å². The van der Waals surface area contributed by atoms with Crippen molar-refractivity contribution in [1.29, 1.82) is 0 Å². The van der Waals surface area contributed by atoms with Gasteiger partial charge in [-0.3, -0.25) is 0 Å². The lowest BCUT2D eigenvalue weighted by molar-refractivity contribution is 0.254. The van der Waals surface area contributed by atoms with E-state index in [-0.39, 0.29) is 5.41 Å². The molecule has 0 amide bonds. The lowest BCUT2D eigenvalue weighted by Gasteiger charge is -2.25. The Bertz CT molecular complexity index is 411. The largest absolute Gasteiger partial charge is 0.339 e. The van der Waals surface area contributed by atoms with Gasteiger partial charge in [0.1, 0.15) is 0 Å². The molecule has 0 unspecified atom stereocenters. The minimum atomic E-state index is 0.0776. The van der Waals surface area contributed by atoms with E-state index in [0.717, 1.165) is 11.7 Å². The highest BCUT2D eigenvalue weighted by Gasteiger charge is 2.33. The highest BCUT2D eigenvalue weighted by atomic mass is 16.5. The van der Waals surface area contributed by atoms with Gasteiger partial charge in [0.15, 0.2) is 5.82 Å². The molecule has 0 atom stereocenters. The maximum Gasteiger partial charge on any atom is 0.232 e. The summed E-state index contributed by atoms with van der Waals surface area (Å²) in [5.74, 6) is 2.43. The number of hydrogen-bond donors (Lipinski definition) is 0. The van der Waals surface area contributed by atoms with Crippen LogP contribution in [0.1, 0.15) is 115 Å². The maximum absolute atomic E-state index is 5.74. The molecule has 0 aromatic carbocycles.